The maximum atomic E-state index is 5.84. The van der Waals surface area contributed by atoms with Crippen LogP contribution in [0.1, 0.15) is 65.5 Å². The third kappa shape index (κ3) is 3.88. The number of hydrogen-bond acceptors (Lipinski definition) is 0. The first-order valence-electron chi connectivity index (χ1n) is 11.0. The highest BCUT2D eigenvalue weighted by Gasteiger charge is 2.21. The molecule has 0 heterocycles. The van der Waals surface area contributed by atoms with Crippen LogP contribution in [0.15, 0.2) is 60.7 Å². The van der Waals surface area contributed by atoms with E-state index in [0.717, 1.165) is 43.6 Å². The largest absolute Gasteiger partial charge is 0.115 e. The van der Waals surface area contributed by atoms with Crippen LogP contribution in [0.2, 0.25) is 0 Å². The fraction of sp³-hybridized carbons (Fsp3) is 0.310. The van der Waals surface area contributed by atoms with Crippen LogP contribution < -0.4 is 0 Å². The minimum absolute atomic E-state index is 0.944. The minimum atomic E-state index is 0.944. The van der Waals surface area contributed by atoms with E-state index in [4.69, 9.17) is 6.42 Å². The number of benzene rings is 2. The Labute approximate surface area is 175 Å². The van der Waals surface area contributed by atoms with E-state index in [1.807, 2.05) is 0 Å². The average molecular weight is 377 g/mol. The summed E-state index contributed by atoms with van der Waals surface area (Å²) in [6.45, 7) is 4.16. The van der Waals surface area contributed by atoms with Gasteiger partial charge in [0.15, 0.2) is 0 Å². The van der Waals surface area contributed by atoms with Crippen molar-refractivity contribution in [3.63, 3.8) is 0 Å². The molecule has 3 aliphatic carbocycles. The van der Waals surface area contributed by atoms with E-state index in [1.54, 1.807) is 0 Å². The summed E-state index contributed by atoms with van der Waals surface area (Å²) in [5, 5.41) is 0. The van der Waals surface area contributed by atoms with Gasteiger partial charge in [-0.25, -0.2) is 0 Å². The molecule has 0 saturated heterocycles. The van der Waals surface area contributed by atoms with Crippen molar-refractivity contribution in [3.05, 3.63) is 94.1 Å². The van der Waals surface area contributed by atoms with Crippen LogP contribution in [-0.4, -0.2) is 0 Å². The minimum Gasteiger partial charge on any atom is -0.115 e. The molecular weight excluding hydrogens is 348 g/mol. The van der Waals surface area contributed by atoms with Crippen LogP contribution in [-0.2, 0) is 19.3 Å². The molecule has 3 aliphatic rings. The second-order valence-electron chi connectivity index (χ2n) is 8.94. The van der Waals surface area contributed by atoms with E-state index in [9.17, 15) is 0 Å². The molecule has 0 aliphatic heterocycles. The number of hydrogen-bond donors (Lipinski definition) is 0. The lowest BCUT2D eigenvalue weighted by atomic mass is 9.87. The molecule has 144 valence electrons. The molecule has 0 bridgehead atoms. The molecule has 1 fully saturated rings. The van der Waals surface area contributed by atoms with Gasteiger partial charge >= 0.3 is 0 Å². The van der Waals surface area contributed by atoms with E-state index in [-0.39, 0.29) is 0 Å². The molecule has 2 aromatic carbocycles. The smallest absolute Gasteiger partial charge is 0.0280 e. The van der Waals surface area contributed by atoms with Crippen molar-refractivity contribution in [3.8, 4) is 12.3 Å². The van der Waals surface area contributed by atoms with Crippen molar-refractivity contribution < 1.29 is 0 Å². The topological polar surface area (TPSA) is 0 Å². The van der Waals surface area contributed by atoms with Gasteiger partial charge in [-0.05, 0) is 89.5 Å². The van der Waals surface area contributed by atoms with Crippen molar-refractivity contribution >= 4 is 11.1 Å². The monoisotopic (exact) mass is 376 g/mol. The van der Waals surface area contributed by atoms with E-state index < -0.39 is 0 Å². The Morgan fingerprint density at radius 3 is 2.69 bits per heavy atom. The fourth-order valence-electron chi connectivity index (χ4n) is 4.70. The Balaban J connectivity index is 1.36. The zero-order valence-corrected chi connectivity index (χ0v) is 17.1. The molecule has 0 unspecified atom stereocenters. The highest BCUT2D eigenvalue weighted by Crippen LogP contribution is 2.36. The summed E-state index contributed by atoms with van der Waals surface area (Å²) >= 11 is 0. The van der Waals surface area contributed by atoms with Gasteiger partial charge in [-0.3, -0.25) is 0 Å². The zero-order chi connectivity index (χ0) is 19.8. The molecule has 1 saturated carbocycles. The Bertz CT molecular complexity index is 1080. The lowest BCUT2D eigenvalue weighted by Crippen LogP contribution is -2.05. The summed E-state index contributed by atoms with van der Waals surface area (Å²) < 4.78 is 0. The van der Waals surface area contributed by atoms with Crippen LogP contribution in [0.5, 0.6) is 0 Å². The number of terminal acetylenes is 1. The Morgan fingerprint density at radius 2 is 1.86 bits per heavy atom. The molecule has 29 heavy (non-hydrogen) atoms. The molecule has 0 N–H and O–H groups in total. The molecule has 0 radical (unpaired) electrons. The third-order valence-electron chi connectivity index (χ3n) is 6.75. The van der Waals surface area contributed by atoms with Crippen LogP contribution in [0.25, 0.3) is 11.1 Å². The Hall–Kier alpha value is -2.78. The highest BCUT2D eigenvalue weighted by molar-refractivity contribution is 5.89. The Morgan fingerprint density at radius 1 is 1.00 bits per heavy atom. The number of allylic oxidation sites excluding steroid dienone is 5. The standard InChI is InChI=1S/C29H28/c1-3-22-17-26(11-10-23(22)9-7-21-5-6-21)27-14-15-29(19-27)28-13-12-24-16-20(2)4-8-25(24)18-28/h1,10-13,15,17-19,21H,2,4-9,14,16H2. The van der Waals surface area contributed by atoms with E-state index in [0.29, 0.717) is 0 Å². The van der Waals surface area contributed by atoms with Gasteiger partial charge < -0.3 is 0 Å². The van der Waals surface area contributed by atoms with Crippen LogP contribution >= 0.6 is 0 Å². The lowest BCUT2D eigenvalue weighted by molar-refractivity contribution is 0.726. The Kier molecular flexibility index (Phi) is 4.76. The SMILES string of the molecule is C#Cc1cc(C2=CC(c3ccc4c(c3)CCC(=C)C4)=CC2)ccc1CCC1CC1. The number of fused-ring (bicyclic) bond motifs is 1. The molecule has 5 rings (SSSR count). The van der Waals surface area contributed by atoms with Gasteiger partial charge in [0.05, 0.1) is 0 Å². The highest BCUT2D eigenvalue weighted by atomic mass is 14.3. The van der Waals surface area contributed by atoms with Crippen molar-refractivity contribution in [2.45, 2.75) is 51.4 Å². The summed E-state index contributed by atoms with van der Waals surface area (Å²) in [6.07, 6.45) is 20.0. The molecule has 0 heteroatoms. The average Bonchev–Trinajstić information content (AvgIpc) is 3.45. The zero-order valence-electron chi connectivity index (χ0n) is 17.1. The predicted octanol–water partition coefficient (Wildman–Crippen LogP) is 6.93. The fourth-order valence-corrected chi connectivity index (χ4v) is 4.70. The predicted molar refractivity (Wildman–Crippen MR) is 124 cm³/mol. The van der Waals surface area contributed by atoms with E-state index in [2.05, 4.69) is 61.0 Å². The van der Waals surface area contributed by atoms with Gasteiger partial charge in [0, 0.05) is 5.56 Å². The van der Waals surface area contributed by atoms with E-state index >= 15 is 0 Å². The first-order chi connectivity index (χ1) is 14.2. The van der Waals surface area contributed by atoms with Crippen molar-refractivity contribution in [2.24, 2.45) is 5.92 Å². The van der Waals surface area contributed by atoms with Crippen molar-refractivity contribution in [1.82, 2.24) is 0 Å². The molecule has 0 atom stereocenters. The molecule has 0 spiro atoms. The first kappa shape index (κ1) is 18.3. The normalized spacial score (nSPS) is 18.1. The van der Waals surface area contributed by atoms with Crippen LogP contribution in [0.3, 0.4) is 0 Å². The van der Waals surface area contributed by atoms with Crippen LogP contribution in [0.4, 0.5) is 0 Å². The molecule has 0 aromatic heterocycles. The summed E-state index contributed by atoms with van der Waals surface area (Å²) in [5.41, 5.74) is 12.0. The molecule has 2 aromatic rings. The summed E-state index contributed by atoms with van der Waals surface area (Å²) in [7, 11) is 0. The quantitative estimate of drug-likeness (QED) is 0.392. The second kappa shape index (κ2) is 7.57. The third-order valence-corrected chi connectivity index (χ3v) is 6.75. The second-order valence-corrected chi connectivity index (χ2v) is 8.94. The van der Waals surface area contributed by atoms with Crippen LogP contribution in [0, 0.1) is 18.3 Å². The van der Waals surface area contributed by atoms with Gasteiger partial charge in [-0.1, -0.05) is 73.4 Å². The van der Waals surface area contributed by atoms with Gasteiger partial charge in [-0.2, -0.15) is 0 Å². The number of aryl methyl sites for hydroxylation is 2. The molecular formula is C29H28. The van der Waals surface area contributed by atoms with Gasteiger partial charge in [0.2, 0.25) is 0 Å². The lowest BCUT2D eigenvalue weighted by Gasteiger charge is -2.18. The van der Waals surface area contributed by atoms with Crippen molar-refractivity contribution in [1.29, 1.82) is 0 Å². The first-order valence-corrected chi connectivity index (χ1v) is 11.0. The molecule has 0 amide bonds. The summed E-state index contributed by atoms with van der Waals surface area (Å²) in [6, 6.07) is 13.7. The van der Waals surface area contributed by atoms with Gasteiger partial charge in [0.1, 0.15) is 0 Å². The summed E-state index contributed by atoms with van der Waals surface area (Å²) in [5.74, 6) is 3.88. The van der Waals surface area contributed by atoms with Gasteiger partial charge in [-0.15, -0.1) is 6.42 Å². The maximum absolute atomic E-state index is 5.84. The summed E-state index contributed by atoms with van der Waals surface area (Å²) in [4.78, 5) is 0. The van der Waals surface area contributed by atoms with Crippen molar-refractivity contribution in [2.75, 3.05) is 0 Å². The maximum Gasteiger partial charge on any atom is 0.0280 e. The number of rotatable bonds is 5. The molecule has 0 nitrogen and oxygen atoms in total. The van der Waals surface area contributed by atoms with E-state index in [1.165, 1.54) is 63.8 Å². The van der Waals surface area contributed by atoms with Gasteiger partial charge in [0.25, 0.3) is 0 Å².